The van der Waals surface area contributed by atoms with Gasteiger partial charge < -0.3 is 0 Å². The van der Waals surface area contributed by atoms with Crippen LogP contribution in [0.1, 0.15) is 12.8 Å². The molecule has 1 rings (SSSR count). The fourth-order valence-corrected chi connectivity index (χ4v) is 3.42. The quantitative estimate of drug-likeness (QED) is 0.544. The van der Waals surface area contributed by atoms with Gasteiger partial charge in [-0.1, -0.05) is 45.2 Å². The highest BCUT2D eigenvalue weighted by Gasteiger charge is 2.30. The molecule has 3 heteroatoms. The summed E-state index contributed by atoms with van der Waals surface area (Å²) < 4.78 is 2.30. The molecule has 0 heterocycles. The lowest BCUT2D eigenvalue weighted by Crippen LogP contribution is -2.09. The van der Waals surface area contributed by atoms with Crippen LogP contribution in [0.2, 0.25) is 0 Å². The van der Waals surface area contributed by atoms with Crippen LogP contribution >= 0.6 is 45.2 Å². The van der Waals surface area contributed by atoms with E-state index in [2.05, 4.69) is 45.2 Å². The smallest absolute Gasteiger partial charge is 0.133 e. The maximum Gasteiger partial charge on any atom is 0.133 e. The third kappa shape index (κ3) is 2.06. The molecule has 1 aliphatic carbocycles. The van der Waals surface area contributed by atoms with Crippen LogP contribution in [-0.4, -0.2) is 14.6 Å². The summed E-state index contributed by atoms with van der Waals surface area (Å²) >= 11 is 4.77. The van der Waals surface area contributed by atoms with Crippen molar-refractivity contribution in [3.8, 4) is 0 Å². The second-order valence-electron chi connectivity index (χ2n) is 2.78. The van der Waals surface area contributed by atoms with E-state index in [1.807, 2.05) is 0 Å². The highest BCUT2D eigenvalue weighted by Crippen LogP contribution is 2.31. The normalized spacial score (nSPS) is 33.2. The maximum absolute atomic E-state index is 11.0. The van der Waals surface area contributed by atoms with Crippen molar-refractivity contribution in [1.29, 1.82) is 0 Å². The summed E-state index contributed by atoms with van der Waals surface area (Å²) in [4.78, 5) is 11.0. The van der Waals surface area contributed by atoms with Crippen molar-refractivity contribution in [1.82, 2.24) is 0 Å². The van der Waals surface area contributed by atoms with Crippen LogP contribution in [0.25, 0.3) is 0 Å². The first-order valence-electron chi connectivity index (χ1n) is 3.41. The summed E-state index contributed by atoms with van der Waals surface area (Å²) in [7, 11) is 0. The summed E-state index contributed by atoms with van der Waals surface area (Å²) in [6.45, 7) is 0. The molecule has 1 fully saturated rings. The number of carbonyl (C=O) groups is 1. The Morgan fingerprint density at radius 1 is 1.20 bits per heavy atom. The molecule has 0 amide bonds. The third-order valence-electron chi connectivity index (χ3n) is 2.04. The molecule has 0 spiro atoms. The predicted octanol–water partition coefficient (Wildman–Crippen LogP) is 2.45. The van der Waals surface area contributed by atoms with Crippen LogP contribution in [0, 0.1) is 11.8 Å². The van der Waals surface area contributed by atoms with Crippen molar-refractivity contribution in [2.75, 3.05) is 8.86 Å². The second-order valence-corrected chi connectivity index (χ2v) is 4.54. The fraction of sp³-hybridized carbons (Fsp3) is 0.857. The summed E-state index contributed by atoms with van der Waals surface area (Å²) in [6.07, 6.45) is 1.69. The molecular formula is C7H10I2O. The molecule has 1 nitrogen and oxygen atoms in total. The Morgan fingerprint density at radius 3 is 1.90 bits per heavy atom. The van der Waals surface area contributed by atoms with Crippen LogP contribution in [0.15, 0.2) is 0 Å². The van der Waals surface area contributed by atoms with Gasteiger partial charge in [0.05, 0.1) is 0 Å². The Morgan fingerprint density at radius 2 is 1.60 bits per heavy atom. The Bertz CT molecular complexity index is 122. The SMILES string of the molecule is O=C1C[C@@H](CI)[C@@H](CI)C1. The first kappa shape index (κ1) is 9.22. The monoisotopic (exact) mass is 364 g/mol. The summed E-state index contributed by atoms with van der Waals surface area (Å²) in [5.74, 6) is 1.85. The van der Waals surface area contributed by atoms with E-state index in [-0.39, 0.29) is 0 Å². The summed E-state index contributed by atoms with van der Waals surface area (Å²) in [6, 6.07) is 0. The molecule has 0 radical (unpaired) electrons. The van der Waals surface area contributed by atoms with Crippen LogP contribution in [0.5, 0.6) is 0 Å². The van der Waals surface area contributed by atoms with E-state index < -0.39 is 0 Å². The fourth-order valence-electron chi connectivity index (χ4n) is 1.36. The Labute approximate surface area is 88.6 Å². The lowest BCUT2D eigenvalue weighted by Gasteiger charge is -2.11. The van der Waals surface area contributed by atoms with Gasteiger partial charge in [0.25, 0.3) is 0 Å². The average molecular weight is 364 g/mol. The Kier molecular flexibility index (Phi) is 3.90. The number of alkyl halides is 2. The zero-order chi connectivity index (χ0) is 7.56. The Balaban J connectivity index is 2.48. The lowest BCUT2D eigenvalue weighted by molar-refractivity contribution is -0.117. The number of hydrogen-bond acceptors (Lipinski definition) is 1. The molecule has 0 N–H and O–H groups in total. The van der Waals surface area contributed by atoms with E-state index in [9.17, 15) is 4.79 Å². The molecule has 0 aromatic heterocycles. The minimum Gasteiger partial charge on any atom is -0.300 e. The van der Waals surface area contributed by atoms with Crippen molar-refractivity contribution in [2.45, 2.75) is 12.8 Å². The first-order chi connectivity index (χ1) is 4.77. The minimum atomic E-state index is 0.475. The third-order valence-corrected chi connectivity index (χ3v) is 4.31. The van der Waals surface area contributed by atoms with Crippen molar-refractivity contribution >= 4 is 51.0 Å². The van der Waals surface area contributed by atoms with Gasteiger partial charge >= 0.3 is 0 Å². The molecule has 0 unspecified atom stereocenters. The highest BCUT2D eigenvalue weighted by atomic mass is 127. The van der Waals surface area contributed by atoms with E-state index in [1.165, 1.54) is 0 Å². The largest absolute Gasteiger partial charge is 0.300 e. The molecule has 0 aromatic rings. The molecule has 0 aromatic carbocycles. The number of carbonyl (C=O) groups excluding carboxylic acids is 1. The zero-order valence-electron chi connectivity index (χ0n) is 5.65. The standard InChI is InChI=1S/C7H10I2O/c8-3-5-1-7(10)2-6(5)4-9/h5-6H,1-4H2/t5-,6+. The molecule has 0 aliphatic heterocycles. The lowest BCUT2D eigenvalue weighted by atomic mass is 10.0. The molecule has 0 saturated heterocycles. The van der Waals surface area contributed by atoms with Crippen LogP contribution in [-0.2, 0) is 4.79 Å². The van der Waals surface area contributed by atoms with Crippen molar-refractivity contribution in [3.05, 3.63) is 0 Å². The van der Waals surface area contributed by atoms with Gasteiger partial charge in [-0.3, -0.25) is 4.79 Å². The molecule has 0 bridgehead atoms. The summed E-state index contributed by atoms with van der Waals surface area (Å²) in [5.41, 5.74) is 0. The molecule has 1 saturated carbocycles. The van der Waals surface area contributed by atoms with E-state index in [1.54, 1.807) is 0 Å². The average Bonchev–Trinajstić information content (AvgIpc) is 2.30. The van der Waals surface area contributed by atoms with Gasteiger partial charge in [0, 0.05) is 21.7 Å². The number of Topliss-reactive ketones (excluding diaryl/α,β-unsaturated/α-hetero) is 1. The highest BCUT2D eigenvalue weighted by molar-refractivity contribution is 14.1. The van der Waals surface area contributed by atoms with Gasteiger partial charge in [0.1, 0.15) is 5.78 Å². The number of rotatable bonds is 2. The molecular weight excluding hydrogens is 354 g/mol. The van der Waals surface area contributed by atoms with Crippen LogP contribution in [0.3, 0.4) is 0 Å². The van der Waals surface area contributed by atoms with Gasteiger partial charge in [-0.25, -0.2) is 0 Å². The molecule has 58 valence electrons. The number of halogens is 2. The van der Waals surface area contributed by atoms with Gasteiger partial charge in [-0.15, -0.1) is 0 Å². The Hall–Kier alpha value is 1.13. The van der Waals surface area contributed by atoms with Crippen LogP contribution < -0.4 is 0 Å². The predicted molar refractivity (Wildman–Crippen MR) is 59.0 cm³/mol. The van der Waals surface area contributed by atoms with E-state index in [4.69, 9.17) is 0 Å². The van der Waals surface area contributed by atoms with Gasteiger partial charge in [0.2, 0.25) is 0 Å². The summed E-state index contributed by atoms with van der Waals surface area (Å²) in [5, 5.41) is 0. The van der Waals surface area contributed by atoms with Gasteiger partial charge in [0.15, 0.2) is 0 Å². The number of ketones is 1. The van der Waals surface area contributed by atoms with Crippen LogP contribution in [0.4, 0.5) is 0 Å². The molecule has 1 aliphatic rings. The van der Waals surface area contributed by atoms with E-state index in [0.29, 0.717) is 17.6 Å². The minimum absolute atomic E-state index is 0.475. The van der Waals surface area contributed by atoms with Crippen molar-refractivity contribution in [2.24, 2.45) is 11.8 Å². The van der Waals surface area contributed by atoms with Gasteiger partial charge in [-0.2, -0.15) is 0 Å². The van der Waals surface area contributed by atoms with E-state index >= 15 is 0 Å². The molecule has 10 heavy (non-hydrogen) atoms. The number of hydrogen-bond donors (Lipinski definition) is 0. The van der Waals surface area contributed by atoms with Crippen molar-refractivity contribution < 1.29 is 4.79 Å². The topological polar surface area (TPSA) is 17.1 Å². The van der Waals surface area contributed by atoms with E-state index in [0.717, 1.165) is 21.7 Å². The van der Waals surface area contributed by atoms with Crippen molar-refractivity contribution in [3.63, 3.8) is 0 Å². The zero-order valence-corrected chi connectivity index (χ0v) is 9.96. The molecule has 2 atom stereocenters. The van der Waals surface area contributed by atoms with Gasteiger partial charge in [-0.05, 0) is 11.8 Å². The second kappa shape index (κ2) is 4.23. The maximum atomic E-state index is 11.0. The first-order valence-corrected chi connectivity index (χ1v) is 6.46.